The molecule has 0 aliphatic carbocycles. The summed E-state index contributed by atoms with van der Waals surface area (Å²) in [6, 6.07) is 0. The smallest absolute Gasteiger partial charge is 0.0513 e. The maximum Gasteiger partial charge on any atom is 0.0513 e. The Hall–Kier alpha value is -1.58. The fourth-order valence-corrected chi connectivity index (χ4v) is 1.64. The summed E-state index contributed by atoms with van der Waals surface area (Å²) in [5.41, 5.74) is -0.880. The zero-order valence-electron chi connectivity index (χ0n) is 11.0. The molecule has 0 aromatic carbocycles. The van der Waals surface area contributed by atoms with Crippen LogP contribution in [0, 0.1) is 5.41 Å². The highest BCUT2D eigenvalue weighted by atomic mass is 16.4. The highest BCUT2D eigenvalue weighted by Crippen LogP contribution is 2.27. The largest absolute Gasteiger partial charge is 0.550 e. The van der Waals surface area contributed by atoms with Crippen molar-refractivity contribution in [3.05, 3.63) is 24.3 Å². The summed E-state index contributed by atoms with van der Waals surface area (Å²) < 4.78 is 0. The van der Waals surface area contributed by atoms with Crippen LogP contribution in [0.5, 0.6) is 0 Å². The van der Waals surface area contributed by atoms with Crippen LogP contribution < -0.4 is 10.2 Å². The molecule has 102 valence electrons. The quantitative estimate of drug-likeness (QED) is 0.444. The third-order valence-electron chi connectivity index (χ3n) is 3.06. The lowest BCUT2D eigenvalue weighted by Crippen LogP contribution is -2.40. The van der Waals surface area contributed by atoms with Gasteiger partial charge in [0.25, 0.3) is 0 Å². The summed E-state index contributed by atoms with van der Waals surface area (Å²) in [5.74, 6) is -2.15. The number of hydrogen-bond acceptors (Lipinski definition) is 4. The maximum atomic E-state index is 11.1. The molecule has 0 heterocycles. The summed E-state index contributed by atoms with van der Waals surface area (Å²) >= 11 is 0. The fraction of sp³-hybridized carbons (Fsp3) is 0.571. The van der Waals surface area contributed by atoms with Gasteiger partial charge in [0.15, 0.2) is 0 Å². The Kier molecular flexibility index (Phi) is 7.76. The van der Waals surface area contributed by atoms with Crippen LogP contribution in [0.2, 0.25) is 0 Å². The van der Waals surface area contributed by atoms with Crippen molar-refractivity contribution in [3.8, 4) is 0 Å². The Morgan fingerprint density at radius 1 is 1.00 bits per heavy atom. The molecule has 0 radical (unpaired) electrons. The SMILES string of the molecule is CCC(/C=C/CC/C=C/CC(=O)[O-])(CC)C(=O)[O-]. The van der Waals surface area contributed by atoms with Gasteiger partial charge in [0.1, 0.15) is 0 Å². The first-order valence-corrected chi connectivity index (χ1v) is 6.22. The minimum atomic E-state index is -1.10. The van der Waals surface area contributed by atoms with Crippen molar-refractivity contribution in [1.29, 1.82) is 0 Å². The van der Waals surface area contributed by atoms with Crippen LogP contribution in [0.15, 0.2) is 24.3 Å². The molecule has 0 saturated carbocycles. The summed E-state index contributed by atoms with van der Waals surface area (Å²) in [6.45, 7) is 3.65. The molecular weight excluding hydrogens is 232 g/mol. The molecule has 0 spiro atoms. The van der Waals surface area contributed by atoms with E-state index >= 15 is 0 Å². The third kappa shape index (κ3) is 5.66. The first-order valence-electron chi connectivity index (χ1n) is 6.22. The van der Waals surface area contributed by atoms with Crippen LogP contribution >= 0.6 is 0 Å². The van der Waals surface area contributed by atoms with Crippen LogP contribution in [0.4, 0.5) is 0 Å². The normalized spacial score (nSPS) is 12.3. The van der Waals surface area contributed by atoms with Crippen molar-refractivity contribution >= 4 is 11.9 Å². The second kappa shape index (κ2) is 8.50. The molecule has 0 saturated heterocycles. The molecule has 0 unspecified atom stereocenters. The fourth-order valence-electron chi connectivity index (χ4n) is 1.64. The van der Waals surface area contributed by atoms with Gasteiger partial charge in [-0.05, 0) is 25.7 Å². The van der Waals surface area contributed by atoms with Gasteiger partial charge in [-0.15, -0.1) is 0 Å². The van der Waals surface area contributed by atoms with Gasteiger partial charge in [0.05, 0.1) is 5.97 Å². The summed E-state index contributed by atoms with van der Waals surface area (Å²) in [6.07, 6.45) is 9.07. The molecule has 0 fully saturated rings. The van der Waals surface area contributed by atoms with Gasteiger partial charge in [-0.1, -0.05) is 38.2 Å². The van der Waals surface area contributed by atoms with Gasteiger partial charge in [0, 0.05) is 17.8 Å². The summed E-state index contributed by atoms with van der Waals surface area (Å²) in [7, 11) is 0. The van der Waals surface area contributed by atoms with Crippen LogP contribution in [-0.2, 0) is 9.59 Å². The third-order valence-corrected chi connectivity index (χ3v) is 3.06. The van der Waals surface area contributed by atoms with Crippen LogP contribution in [0.3, 0.4) is 0 Å². The first-order chi connectivity index (χ1) is 8.48. The number of carbonyl (C=O) groups excluding carboxylic acids is 2. The lowest BCUT2D eigenvalue weighted by atomic mass is 9.82. The first kappa shape index (κ1) is 16.4. The van der Waals surface area contributed by atoms with Crippen molar-refractivity contribution in [2.75, 3.05) is 0 Å². The molecule has 0 atom stereocenters. The van der Waals surface area contributed by atoms with E-state index < -0.39 is 17.4 Å². The predicted octanol–water partition coefficient (Wildman–Crippen LogP) is 0.575. The van der Waals surface area contributed by atoms with Crippen molar-refractivity contribution in [2.45, 2.75) is 46.0 Å². The number of unbranched alkanes of at least 4 members (excludes halogenated alkanes) is 1. The van der Waals surface area contributed by atoms with Gasteiger partial charge < -0.3 is 19.8 Å². The van der Waals surface area contributed by atoms with E-state index in [1.807, 2.05) is 19.9 Å². The van der Waals surface area contributed by atoms with Crippen LogP contribution in [0.1, 0.15) is 46.0 Å². The summed E-state index contributed by atoms with van der Waals surface area (Å²) in [5, 5.41) is 21.2. The molecule has 18 heavy (non-hydrogen) atoms. The number of carbonyl (C=O) groups is 2. The number of aliphatic carboxylic acids is 2. The molecule has 4 nitrogen and oxygen atoms in total. The van der Waals surface area contributed by atoms with Gasteiger partial charge in [-0.3, -0.25) is 0 Å². The molecule has 0 aromatic heterocycles. The monoisotopic (exact) mass is 252 g/mol. The van der Waals surface area contributed by atoms with Crippen molar-refractivity contribution in [3.63, 3.8) is 0 Å². The average Bonchev–Trinajstić information content (AvgIpc) is 2.32. The Labute approximate surface area is 108 Å². The predicted molar refractivity (Wildman–Crippen MR) is 65.2 cm³/mol. The van der Waals surface area contributed by atoms with E-state index in [4.69, 9.17) is 0 Å². The van der Waals surface area contributed by atoms with Gasteiger partial charge in [-0.2, -0.15) is 0 Å². The molecule has 4 heteroatoms. The molecule has 0 bridgehead atoms. The number of rotatable bonds is 9. The van der Waals surface area contributed by atoms with E-state index in [0.717, 1.165) is 0 Å². The lowest BCUT2D eigenvalue weighted by molar-refractivity contribution is -0.317. The molecular formula is C14H20O4-2. The minimum Gasteiger partial charge on any atom is -0.550 e. The summed E-state index contributed by atoms with van der Waals surface area (Å²) in [4.78, 5) is 21.2. The second-order valence-corrected chi connectivity index (χ2v) is 4.18. The number of allylic oxidation sites excluding steroid dienone is 2. The molecule has 0 rings (SSSR count). The molecule has 0 N–H and O–H groups in total. The van der Waals surface area contributed by atoms with Crippen molar-refractivity contribution < 1.29 is 19.8 Å². The van der Waals surface area contributed by atoms with Gasteiger partial charge in [-0.25, -0.2) is 0 Å². The van der Waals surface area contributed by atoms with E-state index in [1.165, 1.54) is 6.08 Å². The molecule has 0 amide bonds. The number of carboxylic acids is 2. The van der Waals surface area contributed by atoms with E-state index in [2.05, 4.69) is 0 Å². The molecule has 0 aliphatic rings. The molecule has 0 aliphatic heterocycles. The van der Waals surface area contributed by atoms with E-state index in [-0.39, 0.29) is 6.42 Å². The van der Waals surface area contributed by atoms with Gasteiger partial charge in [0.2, 0.25) is 0 Å². The number of hydrogen-bond donors (Lipinski definition) is 0. The van der Waals surface area contributed by atoms with Crippen molar-refractivity contribution in [2.24, 2.45) is 5.41 Å². The number of carboxylic acid groups (broad SMARTS) is 2. The zero-order valence-corrected chi connectivity index (χ0v) is 11.0. The Balaban J connectivity index is 4.17. The minimum absolute atomic E-state index is 0.0867. The van der Waals surface area contributed by atoms with E-state index in [1.54, 1.807) is 12.2 Å². The van der Waals surface area contributed by atoms with E-state index in [0.29, 0.717) is 25.7 Å². The van der Waals surface area contributed by atoms with Gasteiger partial charge >= 0.3 is 0 Å². The highest BCUT2D eigenvalue weighted by Gasteiger charge is 2.23. The highest BCUT2D eigenvalue weighted by molar-refractivity contribution is 5.74. The Bertz CT molecular complexity index is 325. The maximum absolute atomic E-state index is 11.1. The standard InChI is InChI=1S/C14H22O4/c1-3-14(4-2,13(17)18)11-9-7-5-6-8-10-12(15)16/h6,8-9,11H,3-5,7,10H2,1-2H3,(H,15,16)(H,17,18)/p-2/b8-6+,11-9+. The lowest BCUT2D eigenvalue weighted by Gasteiger charge is -2.29. The van der Waals surface area contributed by atoms with E-state index in [9.17, 15) is 19.8 Å². The second-order valence-electron chi connectivity index (χ2n) is 4.18. The molecule has 0 aromatic rings. The average molecular weight is 252 g/mol. The van der Waals surface area contributed by atoms with Crippen LogP contribution in [0.25, 0.3) is 0 Å². The Morgan fingerprint density at radius 3 is 2.00 bits per heavy atom. The topological polar surface area (TPSA) is 80.3 Å². The van der Waals surface area contributed by atoms with Crippen LogP contribution in [-0.4, -0.2) is 11.9 Å². The Morgan fingerprint density at radius 2 is 1.56 bits per heavy atom. The zero-order chi connectivity index (χ0) is 14.0. The van der Waals surface area contributed by atoms with Crippen molar-refractivity contribution in [1.82, 2.24) is 0 Å².